The van der Waals surface area contributed by atoms with E-state index >= 15 is 0 Å². The molecule has 0 aliphatic carbocycles. The van der Waals surface area contributed by atoms with Crippen LogP contribution in [0.15, 0.2) is 30.7 Å². The predicted molar refractivity (Wildman–Crippen MR) is 75.4 cm³/mol. The minimum absolute atomic E-state index is 0.0836. The molecule has 0 aliphatic heterocycles. The summed E-state index contributed by atoms with van der Waals surface area (Å²) in [7, 11) is 3.46. The Morgan fingerprint density at radius 1 is 1.32 bits per heavy atom. The van der Waals surface area contributed by atoms with Crippen LogP contribution >= 0.6 is 0 Å². The molecule has 1 aromatic carbocycles. The van der Waals surface area contributed by atoms with Crippen molar-refractivity contribution in [3.63, 3.8) is 0 Å². The normalized spacial score (nSPS) is 10.5. The first-order valence-corrected chi connectivity index (χ1v) is 6.28. The molecule has 2 rings (SSSR count). The molecule has 4 heteroatoms. The monoisotopic (exact) mass is 257 g/mol. The Bertz CT molecular complexity index is 599. The van der Waals surface area contributed by atoms with Gasteiger partial charge in [-0.15, -0.1) is 0 Å². The summed E-state index contributed by atoms with van der Waals surface area (Å²) in [5, 5.41) is 0. The summed E-state index contributed by atoms with van der Waals surface area (Å²) in [6, 6.07) is 6.31. The molecule has 1 amide bonds. The molecule has 0 bridgehead atoms. The second-order valence-electron chi connectivity index (χ2n) is 5.06. The lowest BCUT2D eigenvalue weighted by molar-refractivity contribution is 0.219. The highest BCUT2D eigenvalue weighted by atomic mass is 16.2. The van der Waals surface area contributed by atoms with Crippen molar-refractivity contribution in [3.8, 4) is 0 Å². The molecule has 0 spiro atoms. The van der Waals surface area contributed by atoms with E-state index in [1.807, 2.05) is 0 Å². The molecule has 0 radical (unpaired) electrons. The van der Waals surface area contributed by atoms with Crippen LogP contribution in [0.2, 0.25) is 0 Å². The van der Waals surface area contributed by atoms with E-state index in [1.54, 1.807) is 26.6 Å². The third-order valence-corrected chi connectivity index (χ3v) is 3.12. The second-order valence-corrected chi connectivity index (χ2v) is 5.06. The standard InChI is InChI=1S/C15H19N3O/c1-11-5-6-12(2)13(7-11)8-14-9-18(10-16-14)15(19)17(3)4/h5-7,9-10H,8H2,1-4H3. The van der Waals surface area contributed by atoms with Crippen molar-refractivity contribution in [3.05, 3.63) is 53.1 Å². The first-order chi connectivity index (χ1) is 8.97. The largest absolute Gasteiger partial charge is 0.330 e. The van der Waals surface area contributed by atoms with Crippen LogP contribution < -0.4 is 0 Å². The van der Waals surface area contributed by atoms with Crippen LogP contribution in [0.25, 0.3) is 0 Å². The molecule has 0 unspecified atom stereocenters. The van der Waals surface area contributed by atoms with E-state index in [0.717, 1.165) is 12.1 Å². The van der Waals surface area contributed by atoms with E-state index < -0.39 is 0 Å². The summed E-state index contributed by atoms with van der Waals surface area (Å²) in [4.78, 5) is 17.6. The van der Waals surface area contributed by atoms with Crippen molar-refractivity contribution in [1.82, 2.24) is 14.5 Å². The van der Waals surface area contributed by atoms with Gasteiger partial charge in [0.2, 0.25) is 0 Å². The summed E-state index contributed by atoms with van der Waals surface area (Å²) < 4.78 is 1.51. The highest BCUT2D eigenvalue weighted by Gasteiger charge is 2.09. The third kappa shape index (κ3) is 3.02. The number of carbonyl (C=O) groups excluding carboxylic acids is 1. The number of amides is 1. The minimum Gasteiger partial charge on any atom is -0.330 e. The van der Waals surface area contributed by atoms with Gasteiger partial charge in [-0.2, -0.15) is 0 Å². The van der Waals surface area contributed by atoms with Gasteiger partial charge in [0.05, 0.1) is 5.69 Å². The molecule has 1 aromatic heterocycles. The molecule has 0 fully saturated rings. The quantitative estimate of drug-likeness (QED) is 0.829. The van der Waals surface area contributed by atoms with Gasteiger partial charge in [0.15, 0.2) is 0 Å². The zero-order chi connectivity index (χ0) is 14.0. The molecule has 100 valence electrons. The van der Waals surface area contributed by atoms with Crippen LogP contribution in [0.4, 0.5) is 4.79 Å². The SMILES string of the molecule is Cc1ccc(C)c(Cc2cn(C(=O)N(C)C)cn2)c1. The van der Waals surface area contributed by atoms with Crippen LogP contribution in [0.3, 0.4) is 0 Å². The summed E-state index contributed by atoms with van der Waals surface area (Å²) in [5.74, 6) is 0. The average molecular weight is 257 g/mol. The van der Waals surface area contributed by atoms with Gasteiger partial charge in [0.1, 0.15) is 6.33 Å². The van der Waals surface area contributed by atoms with Crippen molar-refractivity contribution in [2.45, 2.75) is 20.3 Å². The van der Waals surface area contributed by atoms with Gasteiger partial charge in [-0.05, 0) is 25.0 Å². The Morgan fingerprint density at radius 2 is 2.05 bits per heavy atom. The molecule has 19 heavy (non-hydrogen) atoms. The Morgan fingerprint density at radius 3 is 2.74 bits per heavy atom. The zero-order valence-electron chi connectivity index (χ0n) is 11.8. The maximum absolute atomic E-state index is 11.8. The number of carbonyl (C=O) groups is 1. The fourth-order valence-corrected chi connectivity index (χ4v) is 1.98. The Kier molecular flexibility index (Phi) is 3.69. The van der Waals surface area contributed by atoms with Crippen LogP contribution in [0, 0.1) is 13.8 Å². The maximum atomic E-state index is 11.8. The molecule has 1 heterocycles. The summed E-state index contributed by atoms with van der Waals surface area (Å²) in [5.41, 5.74) is 4.65. The van der Waals surface area contributed by atoms with E-state index in [0.29, 0.717) is 0 Å². The van der Waals surface area contributed by atoms with Crippen LogP contribution in [0.5, 0.6) is 0 Å². The molecular weight excluding hydrogens is 238 g/mol. The van der Waals surface area contributed by atoms with Crippen molar-refractivity contribution in [2.24, 2.45) is 0 Å². The van der Waals surface area contributed by atoms with Gasteiger partial charge in [-0.25, -0.2) is 9.78 Å². The molecule has 4 nitrogen and oxygen atoms in total. The van der Waals surface area contributed by atoms with Crippen molar-refractivity contribution in [2.75, 3.05) is 14.1 Å². The molecular formula is C15H19N3O. The zero-order valence-corrected chi connectivity index (χ0v) is 11.8. The van der Waals surface area contributed by atoms with Gasteiger partial charge in [-0.1, -0.05) is 23.8 Å². The molecule has 0 atom stereocenters. The summed E-state index contributed by atoms with van der Waals surface area (Å²) >= 11 is 0. The number of nitrogens with zero attached hydrogens (tertiary/aromatic N) is 3. The van der Waals surface area contributed by atoms with Gasteiger partial charge in [-0.3, -0.25) is 4.57 Å². The van der Waals surface area contributed by atoms with Crippen LogP contribution in [0.1, 0.15) is 22.4 Å². The topological polar surface area (TPSA) is 38.1 Å². The summed E-state index contributed by atoms with van der Waals surface area (Å²) in [6.07, 6.45) is 4.12. The van der Waals surface area contributed by atoms with Crippen molar-refractivity contribution < 1.29 is 4.79 Å². The number of aryl methyl sites for hydroxylation is 2. The third-order valence-electron chi connectivity index (χ3n) is 3.12. The molecule has 0 N–H and O–H groups in total. The average Bonchev–Trinajstić information content (AvgIpc) is 2.81. The fourth-order valence-electron chi connectivity index (χ4n) is 1.98. The maximum Gasteiger partial charge on any atom is 0.328 e. The first kappa shape index (κ1) is 13.3. The molecule has 0 saturated heterocycles. The van der Waals surface area contributed by atoms with E-state index in [1.165, 1.54) is 26.2 Å². The Balaban J connectivity index is 2.20. The van der Waals surface area contributed by atoms with Gasteiger partial charge in [0.25, 0.3) is 0 Å². The Hall–Kier alpha value is -2.10. The molecule has 0 saturated carbocycles. The number of rotatable bonds is 2. The highest BCUT2D eigenvalue weighted by Crippen LogP contribution is 2.14. The lowest BCUT2D eigenvalue weighted by atomic mass is 10.0. The van der Waals surface area contributed by atoms with Gasteiger partial charge >= 0.3 is 6.03 Å². The molecule has 0 aliphatic rings. The smallest absolute Gasteiger partial charge is 0.328 e. The Labute approximate surface area is 113 Å². The fraction of sp³-hybridized carbons (Fsp3) is 0.333. The number of aromatic nitrogens is 2. The van der Waals surface area contributed by atoms with E-state index in [9.17, 15) is 4.79 Å². The minimum atomic E-state index is -0.0836. The van der Waals surface area contributed by atoms with Crippen LogP contribution in [-0.2, 0) is 6.42 Å². The second kappa shape index (κ2) is 5.26. The van der Waals surface area contributed by atoms with Crippen LogP contribution in [-0.4, -0.2) is 34.6 Å². The highest BCUT2D eigenvalue weighted by molar-refractivity contribution is 5.76. The number of imidazole rings is 1. The summed E-state index contributed by atoms with van der Waals surface area (Å²) in [6.45, 7) is 4.17. The van der Waals surface area contributed by atoms with Crippen molar-refractivity contribution >= 4 is 6.03 Å². The van der Waals surface area contributed by atoms with E-state index in [4.69, 9.17) is 0 Å². The predicted octanol–water partition coefficient (Wildman–Crippen LogP) is 2.62. The molecule has 2 aromatic rings. The number of hydrogen-bond acceptors (Lipinski definition) is 2. The first-order valence-electron chi connectivity index (χ1n) is 6.28. The number of benzene rings is 1. The lowest BCUT2D eigenvalue weighted by Crippen LogP contribution is -2.26. The van der Waals surface area contributed by atoms with Gasteiger partial charge < -0.3 is 4.90 Å². The van der Waals surface area contributed by atoms with E-state index in [-0.39, 0.29) is 6.03 Å². The van der Waals surface area contributed by atoms with Gasteiger partial charge in [0, 0.05) is 26.7 Å². The van der Waals surface area contributed by atoms with Crippen molar-refractivity contribution in [1.29, 1.82) is 0 Å². The number of hydrogen-bond donors (Lipinski definition) is 0. The van der Waals surface area contributed by atoms with E-state index in [2.05, 4.69) is 37.0 Å². The lowest BCUT2D eigenvalue weighted by Gasteiger charge is -2.09.